The van der Waals surface area contributed by atoms with E-state index >= 15 is 0 Å². The molecule has 1 saturated heterocycles. The number of nitrogens with zero attached hydrogens (tertiary/aromatic N) is 2. The molecule has 3 aliphatic heterocycles. The fourth-order valence-electron chi connectivity index (χ4n) is 4.47. The summed E-state index contributed by atoms with van der Waals surface area (Å²) in [6.07, 6.45) is 2.63. The van der Waals surface area contributed by atoms with Gasteiger partial charge in [0.05, 0.1) is 44.7 Å². The van der Waals surface area contributed by atoms with E-state index in [1.54, 1.807) is 12.1 Å². The third-order valence-electron chi connectivity index (χ3n) is 6.02. The summed E-state index contributed by atoms with van der Waals surface area (Å²) in [6.45, 7) is 2.10. The number of hydrazone groups is 1. The molecule has 140 valence electrons. The van der Waals surface area contributed by atoms with Crippen LogP contribution in [0.25, 0.3) is 0 Å². The Kier molecular flexibility index (Phi) is 3.92. The molecule has 4 nitrogen and oxygen atoms in total. The van der Waals surface area contributed by atoms with Crippen molar-refractivity contribution in [2.24, 2.45) is 5.10 Å². The lowest BCUT2D eigenvalue weighted by atomic mass is 9.91. The van der Waals surface area contributed by atoms with E-state index in [4.69, 9.17) is 21.4 Å². The Labute approximate surface area is 163 Å². The van der Waals surface area contributed by atoms with Crippen molar-refractivity contribution in [3.8, 4) is 5.75 Å². The van der Waals surface area contributed by atoms with Gasteiger partial charge in [-0.05, 0) is 35.9 Å². The Balaban J connectivity index is 1.58. The van der Waals surface area contributed by atoms with Crippen molar-refractivity contribution in [1.29, 1.82) is 0 Å². The molecule has 1 fully saturated rings. The monoisotopic (exact) mass is 386 g/mol. The van der Waals surface area contributed by atoms with Crippen LogP contribution in [0, 0.1) is 5.82 Å². The third-order valence-corrected chi connectivity index (χ3v) is 6.26. The van der Waals surface area contributed by atoms with Gasteiger partial charge in [-0.3, -0.25) is 0 Å². The van der Waals surface area contributed by atoms with E-state index in [1.165, 1.54) is 17.0 Å². The van der Waals surface area contributed by atoms with Crippen LogP contribution in [0.3, 0.4) is 0 Å². The van der Waals surface area contributed by atoms with Gasteiger partial charge < -0.3 is 9.64 Å². The van der Waals surface area contributed by atoms with Gasteiger partial charge in [0, 0.05) is 17.0 Å². The summed E-state index contributed by atoms with van der Waals surface area (Å²) in [4.78, 5) is 1.52. The maximum atomic E-state index is 13.3. The molecule has 0 bridgehead atoms. The Hall–Kier alpha value is -2.11. The first-order valence-electron chi connectivity index (χ1n) is 9.47. The third kappa shape index (κ3) is 2.80. The minimum Gasteiger partial charge on any atom is -0.466 e. The lowest BCUT2D eigenvalue weighted by Gasteiger charge is -2.49. The second-order valence-electron chi connectivity index (χ2n) is 7.81. The molecule has 0 unspecified atom stereocenters. The average Bonchev–Trinajstić information content (AvgIpc) is 3.12. The van der Waals surface area contributed by atoms with Gasteiger partial charge in [-0.15, -0.1) is 0 Å². The molecule has 0 amide bonds. The van der Waals surface area contributed by atoms with E-state index in [1.807, 2.05) is 18.2 Å². The second kappa shape index (κ2) is 6.21. The fraction of sp³-hybridized carbons (Fsp3) is 0.381. The van der Waals surface area contributed by atoms with E-state index in [9.17, 15) is 4.39 Å². The lowest BCUT2D eigenvalue weighted by molar-refractivity contribution is -0.888. The normalized spacial score (nSPS) is 29.1. The molecule has 0 aromatic heterocycles. The van der Waals surface area contributed by atoms with Crippen LogP contribution in [0.2, 0.25) is 5.02 Å². The Morgan fingerprint density at radius 1 is 1.19 bits per heavy atom. The molecule has 27 heavy (non-hydrogen) atoms. The standard InChI is InChI=1S/C21H21ClFN3O/c1-25-10-8-21(9-11-25)26-19(17-12-15(22)4-7-20(17)27-21)13-18(24-26)14-2-5-16(23)6-3-14/h2-7,12,19H,8-11,13H2,1H3/p+1/t19-/m0/s1. The Morgan fingerprint density at radius 3 is 2.67 bits per heavy atom. The van der Waals surface area contributed by atoms with Gasteiger partial charge in [0.1, 0.15) is 11.6 Å². The SMILES string of the molecule is C[NH+]1CCC2(CC1)Oc1ccc(Cl)cc1[C@@H]1CC(c3ccc(F)cc3)=NN12. The van der Waals surface area contributed by atoms with Gasteiger partial charge in [0.15, 0.2) is 0 Å². The van der Waals surface area contributed by atoms with Crippen molar-refractivity contribution < 1.29 is 14.0 Å². The molecule has 5 rings (SSSR count). The number of fused-ring (bicyclic) bond motifs is 4. The van der Waals surface area contributed by atoms with Crippen LogP contribution in [0.1, 0.15) is 36.4 Å². The van der Waals surface area contributed by atoms with Gasteiger partial charge in [0.25, 0.3) is 0 Å². The van der Waals surface area contributed by atoms with Crippen LogP contribution in [0.4, 0.5) is 4.39 Å². The van der Waals surface area contributed by atoms with Crippen molar-refractivity contribution in [2.45, 2.75) is 31.0 Å². The number of hydrogen-bond donors (Lipinski definition) is 1. The number of quaternary nitrogens is 1. The van der Waals surface area contributed by atoms with Crippen LogP contribution >= 0.6 is 11.6 Å². The van der Waals surface area contributed by atoms with E-state index in [0.717, 1.165) is 54.9 Å². The fourth-order valence-corrected chi connectivity index (χ4v) is 4.65. The number of nitrogens with one attached hydrogen (secondary N) is 1. The predicted octanol–water partition coefficient (Wildman–Crippen LogP) is 3.03. The molecule has 1 atom stereocenters. The molecule has 0 radical (unpaired) electrons. The molecule has 6 heteroatoms. The van der Waals surface area contributed by atoms with Crippen molar-refractivity contribution in [3.05, 3.63) is 64.4 Å². The number of halogens is 2. The average molecular weight is 387 g/mol. The van der Waals surface area contributed by atoms with Crippen molar-refractivity contribution in [3.63, 3.8) is 0 Å². The van der Waals surface area contributed by atoms with Gasteiger partial charge >= 0.3 is 0 Å². The highest BCUT2D eigenvalue weighted by Crippen LogP contribution is 2.49. The highest BCUT2D eigenvalue weighted by atomic mass is 35.5. The molecule has 1 N–H and O–H groups in total. The highest BCUT2D eigenvalue weighted by Gasteiger charge is 2.52. The van der Waals surface area contributed by atoms with Gasteiger partial charge in [-0.1, -0.05) is 23.7 Å². The summed E-state index contributed by atoms with van der Waals surface area (Å²) in [5.41, 5.74) is 2.61. The summed E-state index contributed by atoms with van der Waals surface area (Å²) in [7, 11) is 2.22. The smallest absolute Gasteiger partial charge is 0.208 e. The van der Waals surface area contributed by atoms with E-state index in [-0.39, 0.29) is 11.9 Å². The molecular formula is C21H22ClFN3O+. The molecule has 2 aromatic rings. The summed E-state index contributed by atoms with van der Waals surface area (Å²) >= 11 is 6.28. The number of benzene rings is 2. The van der Waals surface area contributed by atoms with Crippen molar-refractivity contribution in [1.82, 2.24) is 5.01 Å². The number of likely N-dealkylation sites (tertiary alicyclic amines) is 1. The number of hydrogen-bond acceptors (Lipinski definition) is 3. The highest BCUT2D eigenvalue weighted by molar-refractivity contribution is 6.30. The van der Waals surface area contributed by atoms with E-state index < -0.39 is 5.72 Å². The first-order chi connectivity index (χ1) is 13.0. The van der Waals surface area contributed by atoms with E-state index in [0.29, 0.717) is 5.02 Å². The first kappa shape index (κ1) is 17.0. The molecular weight excluding hydrogens is 365 g/mol. The van der Waals surface area contributed by atoms with Crippen LogP contribution < -0.4 is 9.64 Å². The van der Waals surface area contributed by atoms with Crippen LogP contribution in [-0.4, -0.2) is 36.6 Å². The van der Waals surface area contributed by atoms with Gasteiger partial charge in [0.2, 0.25) is 5.72 Å². The summed E-state index contributed by atoms with van der Waals surface area (Å²) in [5.74, 6) is 0.682. The van der Waals surface area contributed by atoms with Crippen molar-refractivity contribution in [2.75, 3.05) is 20.1 Å². The van der Waals surface area contributed by atoms with Crippen LogP contribution in [0.5, 0.6) is 5.75 Å². The zero-order valence-corrected chi connectivity index (χ0v) is 16.0. The quantitative estimate of drug-likeness (QED) is 0.816. The molecule has 3 heterocycles. The zero-order chi connectivity index (χ0) is 18.6. The zero-order valence-electron chi connectivity index (χ0n) is 15.2. The van der Waals surface area contributed by atoms with Gasteiger partial charge in [-0.2, -0.15) is 5.10 Å². The number of piperidine rings is 1. The minimum atomic E-state index is -0.410. The summed E-state index contributed by atoms with van der Waals surface area (Å²) in [5, 5.41) is 7.86. The minimum absolute atomic E-state index is 0.103. The topological polar surface area (TPSA) is 29.3 Å². The lowest BCUT2D eigenvalue weighted by Crippen LogP contribution is -3.11. The summed E-state index contributed by atoms with van der Waals surface area (Å²) < 4.78 is 19.9. The number of rotatable bonds is 1. The maximum Gasteiger partial charge on any atom is 0.208 e. The van der Waals surface area contributed by atoms with Crippen LogP contribution in [0.15, 0.2) is 47.6 Å². The molecule has 1 spiro atoms. The Morgan fingerprint density at radius 2 is 1.93 bits per heavy atom. The molecule has 0 saturated carbocycles. The number of ether oxygens (including phenoxy) is 1. The van der Waals surface area contributed by atoms with Crippen LogP contribution in [-0.2, 0) is 0 Å². The maximum absolute atomic E-state index is 13.3. The molecule has 3 aliphatic rings. The predicted molar refractivity (Wildman–Crippen MR) is 103 cm³/mol. The van der Waals surface area contributed by atoms with Gasteiger partial charge in [-0.25, -0.2) is 9.40 Å². The molecule has 0 aliphatic carbocycles. The van der Waals surface area contributed by atoms with E-state index in [2.05, 4.69) is 12.1 Å². The molecule has 2 aromatic carbocycles. The van der Waals surface area contributed by atoms with Crippen molar-refractivity contribution >= 4 is 17.3 Å². The summed E-state index contributed by atoms with van der Waals surface area (Å²) in [6, 6.07) is 12.6. The largest absolute Gasteiger partial charge is 0.466 e. The Bertz CT molecular complexity index is 906. The second-order valence-corrected chi connectivity index (χ2v) is 8.24. The first-order valence-corrected chi connectivity index (χ1v) is 9.84.